The number of aliphatic hydroxyl groups excluding tert-OH is 2. The first-order valence-corrected chi connectivity index (χ1v) is 5.04. The number of aliphatic hydroxyl groups is 2. The maximum absolute atomic E-state index is 8.85. The lowest BCUT2D eigenvalue weighted by atomic mass is 10.2. The molecule has 0 spiro atoms. The molecule has 4 nitrogen and oxygen atoms in total. The second-order valence-corrected chi connectivity index (χ2v) is 3.47. The van der Waals surface area contributed by atoms with Crippen molar-refractivity contribution >= 4 is 5.69 Å². The monoisotopic (exact) mass is 210 g/mol. The highest BCUT2D eigenvalue weighted by molar-refractivity contribution is 5.40. The first-order valence-electron chi connectivity index (χ1n) is 5.04. The summed E-state index contributed by atoms with van der Waals surface area (Å²) in [6.07, 6.45) is 0. The zero-order valence-corrected chi connectivity index (χ0v) is 8.76. The Morgan fingerprint density at radius 2 is 1.80 bits per heavy atom. The number of hydrogen-bond acceptors (Lipinski definition) is 4. The van der Waals surface area contributed by atoms with Crippen LogP contribution in [0.1, 0.15) is 5.56 Å². The van der Waals surface area contributed by atoms with E-state index in [-0.39, 0.29) is 13.2 Å². The van der Waals surface area contributed by atoms with Crippen molar-refractivity contribution in [3.05, 3.63) is 29.8 Å². The van der Waals surface area contributed by atoms with Gasteiger partial charge >= 0.3 is 0 Å². The summed E-state index contributed by atoms with van der Waals surface area (Å²) in [6, 6.07) is 7.63. The normalized spacial score (nSPS) is 10.9. The highest BCUT2D eigenvalue weighted by Gasteiger charge is 2.04. The molecule has 0 atom stereocenters. The largest absolute Gasteiger partial charge is 0.399 e. The fourth-order valence-electron chi connectivity index (χ4n) is 1.50. The summed E-state index contributed by atoms with van der Waals surface area (Å²) < 4.78 is 0. The Balaban J connectivity index is 2.56. The smallest absolute Gasteiger partial charge is 0.0558 e. The van der Waals surface area contributed by atoms with E-state index in [1.807, 2.05) is 29.2 Å². The van der Waals surface area contributed by atoms with Crippen molar-refractivity contribution in [1.82, 2.24) is 4.90 Å². The van der Waals surface area contributed by atoms with E-state index >= 15 is 0 Å². The van der Waals surface area contributed by atoms with Crippen LogP contribution in [-0.4, -0.2) is 41.4 Å². The highest BCUT2D eigenvalue weighted by atomic mass is 16.3. The Kier molecular flexibility index (Phi) is 5.10. The van der Waals surface area contributed by atoms with E-state index in [0.29, 0.717) is 19.6 Å². The van der Waals surface area contributed by atoms with Gasteiger partial charge in [-0.3, -0.25) is 4.90 Å². The van der Waals surface area contributed by atoms with Gasteiger partial charge in [-0.25, -0.2) is 0 Å². The summed E-state index contributed by atoms with van der Waals surface area (Å²) in [6.45, 7) is 2.03. The van der Waals surface area contributed by atoms with E-state index in [0.717, 1.165) is 11.3 Å². The molecule has 15 heavy (non-hydrogen) atoms. The van der Waals surface area contributed by atoms with Gasteiger partial charge < -0.3 is 15.9 Å². The lowest BCUT2D eigenvalue weighted by molar-refractivity contribution is 0.156. The van der Waals surface area contributed by atoms with E-state index in [1.54, 1.807) is 0 Å². The molecule has 0 aliphatic heterocycles. The van der Waals surface area contributed by atoms with Crippen LogP contribution in [-0.2, 0) is 6.54 Å². The maximum atomic E-state index is 8.85. The summed E-state index contributed by atoms with van der Waals surface area (Å²) in [7, 11) is 0. The van der Waals surface area contributed by atoms with Crippen LogP contribution in [0, 0.1) is 0 Å². The molecular formula is C11H18N2O2. The molecule has 1 aromatic rings. The van der Waals surface area contributed by atoms with Gasteiger partial charge in [-0.1, -0.05) is 12.1 Å². The zero-order valence-electron chi connectivity index (χ0n) is 8.76. The minimum Gasteiger partial charge on any atom is -0.399 e. The zero-order chi connectivity index (χ0) is 11.1. The quantitative estimate of drug-likeness (QED) is 0.580. The van der Waals surface area contributed by atoms with Gasteiger partial charge in [-0.15, -0.1) is 0 Å². The molecule has 0 amide bonds. The molecule has 0 fully saturated rings. The van der Waals surface area contributed by atoms with Crippen LogP contribution >= 0.6 is 0 Å². The standard InChI is InChI=1S/C11H18N2O2/c12-11-3-1-2-10(8-11)9-13(4-6-14)5-7-15/h1-3,8,14-15H,4-7,9,12H2. The lowest BCUT2D eigenvalue weighted by Crippen LogP contribution is -2.29. The van der Waals surface area contributed by atoms with E-state index < -0.39 is 0 Å². The number of benzene rings is 1. The van der Waals surface area contributed by atoms with Crippen LogP contribution in [0.2, 0.25) is 0 Å². The minimum atomic E-state index is 0.0995. The van der Waals surface area contributed by atoms with Gasteiger partial charge in [0.15, 0.2) is 0 Å². The average Bonchev–Trinajstić information content (AvgIpc) is 2.18. The predicted octanol–water partition coefficient (Wildman–Crippen LogP) is 0.0554. The number of nitrogen functional groups attached to an aromatic ring is 1. The number of rotatable bonds is 6. The van der Waals surface area contributed by atoms with E-state index in [2.05, 4.69) is 0 Å². The number of anilines is 1. The molecule has 0 saturated heterocycles. The van der Waals surface area contributed by atoms with Gasteiger partial charge in [-0.2, -0.15) is 0 Å². The van der Waals surface area contributed by atoms with Gasteiger partial charge in [0.1, 0.15) is 0 Å². The van der Waals surface area contributed by atoms with Gasteiger partial charge in [-0.05, 0) is 17.7 Å². The van der Waals surface area contributed by atoms with Gasteiger partial charge in [0.25, 0.3) is 0 Å². The SMILES string of the molecule is Nc1cccc(CN(CCO)CCO)c1. The molecule has 0 heterocycles. The second kappa shape index (κ2) is 6.40. The van der Waals surface area contributed by atoms with Crippen molar-refractivity contribution in [2.24, 2.45) is 0 Å². The van der Waals surface area contributed by atoms with Crippen LogP contribution in [0.25, 0.3) is 0 Å². The van der Waals surface area contributed by atoms with E-state index in [9.17, 15) is 0 Å². The van der Waals surface area contributed by atoms with E-state index in [4.69, 9.17) is 15.9 Å². The van der Waals surface area contributed by atoms with Gasteiger partial charge in [0.2, 0.25) is 0 Å². The topological polar surface area (TPSA) is 69.7 Å². The molecule has 1 rings (SSSR count). The van der Waals surface area contributed by atoms with Crippen LogP contribution in [0.5, 0.6) is 0 Å². The summed E-state index contributed by atoms with van der Waals surface area (Å²) >= 11 is 0. The minimum absolute atomic E-state index is 0.0995. The molecule has 4 heteroatoms. The Morgan fingerprint density at radius 3 is 2.33 bits per heavy atom. The summed E-state index contributed by atoms with van der Waals surface area (Å²) in [4.78, 5) is 1.98. The van der Waals surface area contributed by atoms with Crippen molar-refractivity contribution in [3.63, 3.8) is 0 Å². The third kappa shape index (κ3) is 4.29. The molecule has 0 unspecified atom stereocenters. The molecule has 0 radical (unpaired) electrons. The van der Waals surface area contributed by atoms with Gasteiger partial charge in [0.05, 0.1) is 13.2 Å². The summed E-state index contributed by atoms with van der Waals surface area (Å²) in [5, 5.41) is 17.7. The molecule has 0 aliphatic rings. The number of hydrogen-bond donors (Lipinski definition) is 3. The molecule has 1 aromatic carbocycles. The Morgan fingerprint density at radius 1 is 1.13 bits per heavy atom. The Labute approximate surface area is 89.9 Å². The van der Waals surface area contributed by atoms with Crippen LogP contribution in [0.4, 0.5) is 5.69 Å². The first kappa shape index (κ1) is 12.0. The van der Waals surface area contributed by atoms with E-state index in [1.165, 1.54) is 0 Å². The molecule has 0 bridgehead atoms. The fraction of sp³-hybridized carbons (Fsp3) is 0.455. The second-order valence-electron chi connectivity index (χ2n) is 3.47. The lowest BCUT2D eigenvalue weighted by Gasteiger charge is -2.20. The molecule has 84 valence electrons. The van der Waals surface area contributed by atoms with Crippen molar-refractivity contribution < 1.29 is 10.2 Å². The predicted molar refractivity (Wildman–Crippen MR) is 60.3 cm³/mol. The molecule has 0 aliphatic carbocycles. The van der Waals surface area contributed by atoms with Crippen molar-refractivity contribution in [1.29, 1.82) is 0 Å². The van der Waals surface area contributed by atoms with Gasteiger partial charge in [0, 0.05) is 25.3 Å². The Bertz CT molecular complexity index is 286. The third-order valence-electron chi connectivity index (χ3n) is 2.19. The molecule has 0 saturated carbocycles. The third-order valence-corrected chi connectivity index (χ3v) is 2.19. The summed E-state index contributed by atoms with van der Waals surface area (Å²) in [5.74, 6) is 0. The van der Waals surface area contributed by atoms with Crippen LogP contribution in [0.3, 0.4) is 0 Å². The molecular weight excluding hydrogens is 192 g/mol. The number of nitrogens with zero attached hydrogens (tertiary/aromatic N) is 1. The molecule has 4 N–H and O–H groups in total. The van der Waals surface area contributed by atoms with Crippen molar-refractivity contribution in [2.75, 3.05) is 32.0 Å². The van der Waals surface area contributed by atoms with Crippen molar-refractivity contribution in [2.45, 2.75) is 6.54 Å². The number of nitrogens with two attached hydrogens (primary N) is 1. The fourth-order valence-corrected chi connectivity index (χ4v) is 1.50. The highest BCUT2D eigenvalue weighted by Crippen LogP contribution is 2.09. The first-order chi connectivity index (χ1) is 7.26. The average molecular weight is 210 g/mol. The molecule has 0 aromatic heterocycles. The Hall–Kier alpha value is -1.10. The maximum Gasteiger partial charge on any atom is 0.0558 e. The van der Waals surface area contributed by atoms with Crippen LogP contribution < -0.4 is 5.73 Å². The summed E-state index contributed by atoms with van der Waals surface area (Å²) in [5.41, 5.74) is 7.50. The van der Waals surface area contributed by atoms with Crippen LogP contribution in [0.15, 0.2) is 24.3 Å². The van der Waals surface area contributed by atoms with Crippen molar-refractivity contribution in [3.8, 4) is 0 Å².